The van der Waals surface area contributed by atoms with Crippen LogP contribution in [0.15, 0.2) is 54.9 Å². The molecule has 0 saturated heterocycles. The number of rotatable bonds is 6. The van der Waals surface area contributed by atoms with E-state index in [1.54, 1.807) is 12.1 Å². The molecule has 2 aromatic rings. The molecule has 1 amide bonds. The van der Waals surface area contributed by atoms with Gasteiger partial charge in [0.1, 0.15) is 6.04 Å². The molecule has 0 saturated carbocycles. The number of nitrogens with one attached hydrogen (secondary N) is 1. The summed E-state index contributed by atoms with van der Waals surface area (Å²) in [6.07, 6.45) is 4.23. The molecule has 5 heteroatoms. The number of hydrogen-bond acceptors (Lipinski definition) is 4. The van der Waals surface area contributed by atoms with Crippen molar-refractivity contribution in [2.45, 2.75) is 18.9 Å². The first kappa shape index (κ1) is 15.7. The molecular weight excluding hydrogens is 280 g/mol. The van der Waals surface area contributed by atoms with Crippen molar-refractivity contribution >= 4 is 11.9 Å². The Labute approximate surface area is 129 Å². The van der Waals surface area contributed by atoms with Gasteiger partial charge in [0.2, 0.25) is 0 Å². The smallest absolute Gasteiger partial charge is 0.328 e. The van der Waals surface area contributed by atoms with Gasteiger partial charge in [0.05, 0.1) is 7.11 Å². The minimum atomic E-state index is -0.675. The number of nitrogens with zero attached hydrogens (tertiary/aromatic N) is 1. The second kappa shape index (κ2) is 7.93. The molecule has 0 aliphatic heterocycles. The molecule has 0 fully saturated rings. The topological polar surface area (TPSA) is 68.3 Å². The molecule has 0 aliphatic carbocycles. The van der Waals surface area contributed by atoms with Gasteiger partial charge in [0.15, 0.2) is 0 Å². The summed E-state index contributed by atoms with van der Waals surface area (Å²) in [5.74, 6) is -0.760. The van der Waals surface area contributed by atoms with E-state index in [4.69, 9.17) is 4.74 Å². The molecule has 2 rings (SSSR count). The van der Waals surface area contributed by atoms with Crippen LogP contribution in [0, 0.1) is 0 Å². The van der Waals surface area contributed by atoms with Crippen LogP contribution in [0.25, 0.3) is 0 Å². The van der Waals surface area contributed by atoms with Gasteiger partial charge in [-0.05, 0) is 30.5 Å². The summed E-state index contributed by atoms with van der Waals surface area (Å²) in [4.78, 5) is 27.9. The van der Waals surface area contributed by atoms with E-state index in [-0.39, 0.29) is 5.91 Å². The van der Waals surface area contributed by atoms with Crippen LogP contribution in [-0.2, 0) is 16.0 Å². The van der Waals surface area contributed by atoms with Crippen LogP contribution in [0.4, 0.5) is 0 Å². The SMILES string of the molecule is COC(=O)[C@H](CCc1ccccc1)NC(=O)c1ccncc1. The number of amides is 1. The number of aromatic nitrogens is 1. The molecule has 1 atom stereocenters. The van der Waals surface area contributed by atoms with E-state index in [9.17, 15) is 9.59 Å². The van der Waals surface area contributed by atoms with E-state index >= 15 is 0 Å². The van der Waals surface area contributed by atoms with Crippen molar-refractivity contribution in [2.75, 3.05) is 7.11 Å². The maximum atomic E-state index is 12.1. The first-order valence-electron chi connectivity index (χ1n) is 7.03. The Balaban J connectivity index is 2.00. The summed E-state index contributed by atoms with van der Waals surface area (Å²) in [5.41, 5.74) is 1.57. The van der Waals surface area contributed by atoms with Crippen LogP contribution in [0.1, 0.15) is 22.3 Å². The normalized spacial score (nSPS) is 11.5. The third-order valence-corrected chi connectivity index (χ3v) is 3.30. The third-order valence-electron chi connectivity index (χ3n) is 3.30. The lowest BCUT2D eigenvalue weighted by Gasteiger charge is -2.16. The van der Waals surface area contributed by atoms with Gasteiger partial charge in [0, 0.05) is 18.0 Å². The van der Waals surface area contributed by atoms with Crippen molar-refractivity contribution in [3.63, 3.8) is 0 Å². The van der Waals surface area contributed by atoms with Gasteiger partial charge in [-0.1, -0.05) is 30.3 Å². The summed E-state index contributed by atoms with van der Waals surface area (Å²) >= 11 is 0. The summed E-state index contributed by atoms with van der Waals surface area (Å²) in [7, 11) is 1.32. The Kier molecular flexibility index (Phi) is 5.65. The summed E-state index contributed by atoms with van der Waals surface area (Å²) in [6.45, 7) is 0. The van der Waals surface area contributed by atoms with Crippen LogP contribution in [0.2, 0.25) is 0 Å². The van der Waals surface area contributed by atoms with Crippen molar-refractivity contribution in [1.82, 2.24) is 10.3 Å². The number of ether oxygens (including phenoxy) is 1. The minimum absolute atomic E-state index is 0.314. The fourth-order valence-electron chi connectivity index (χ4n) is 2.09. The zero-order chi connectivity index (χ0) is 15.8. The zero-order valence-corrected chi connectivity index (χ0v) is 12.4. The lowest BCUT2D eigenvalue weighted by molar-refractivity contribution is -0.143. The second-order valence-electron chi connectivity index (χ2n) is 4.81. The number of esters is 1. The Morgan fingerprint density at radius 2 is 1.82 bits per heavy atom. The van der Waals surface area contributed by atoms with Gasteiger partial charge in [0.25, 0.3) is 5.91 Å². The van der Waals surface area contributed by atoms with Crippen LogP contribution < -0.4 is 5.32 Å². The van der Waals surface area contributed by atoms with Crippen molar-refractivity contribution in [3.05, 3.63) is 66.0 Å². The predicted molar refractivity (Wildman–Crippen MR) is 82.3 cm³/mol. The molecule has 1 aromatic carbocycles. The van der Waals surface area contributed by atoms with E-state index in [1.807, 2.05) is 30.3 Å². The Morgan fingerprint density at radius 1 is 1.14 bits per heavy atom. The van der Waals surface area contributed by atoms with E-state index in [0.717, 1.165) is 5.56 Å². The zero-order valence-electron chi connectivity index (χ0n) is 12.4. The van der Waals surface area contributed by atoms with E-state index in [0.29, 0.717) is 18.4 Å². The number of aryl methyl sites for hydroxylation is 1. The maximum absolute atomic E-state index is 12.1. The Hall–Kier alpha value is -2.69. The fourth-order valence-corrected chi connectivity index (χ4v) is 2.09. The molecule has 0 bridgehead atoms. The minimum Gasteiger partial charge on any atom is -0.467 e. The van der Waals surface area contributed by atoms with Gasteiger partial charge in [-0.2, -0.15) is 0 Å². The van der Waals surface area contributed by atoms with Crippen LogP contribution in [0.3, 0.4) is 0 Å². The molecule has 0 unspecified atom stereocenters. The molecule has 1 aromatic heterocycles. The maximum Gasteiger partial charge on any atom is 0.328 e. The highest BCUT2D eigenvalue weighted by Crippen LogP contribution is 2.07. The number of methoxy groups -OCH3 is 1. The molecular formula is C17H18N2O3. The van der Waals surface area contributed by atoms with Crippen LogP contribution in [-0.4, -0.2) is 30.0 Å². The van der Waals surface area contributed by atoms with Crippen LogP contribution in [0.5, 0.6) is 0 Å². The van der Waals surface area contributed by atoms with E-state index in [1.165, 1.54) is 19.5 Å². The number of benzene rings is 1. The van der Waals surface area contributed by atoms with Gasteiger partial charge in [-0.15, -0.1) is 0 Å². The number of pyridine rings is 1. The summed E-state index contributed by atoms with van der Waals surface area (Å²) < 4.78 is 4.77. The molecule has 0 radical (unpaired) electrons. The average Bonchev–Trinajstić information content (AvgIpc) is 2.59. The molecule has 1 N–H and O–H groups in total. The van der Waals surface area contributed by atoms with Gasteiger partial charge < -0.3 is 10.1 Å². The summed E-state index contributed by atoms with van der Waals surface area (Å²) in [5, 5.41) is 2.71. The largest absolute Gasteiger partial charge is 0.467 e. The second-order valence-corrected chi connectivity index (χ2v) is 4.81. The lowest BCUT2D eigenvalue weighted by Crippen LogP contribution is -2.41. The number of hydrogen-bond donors (Lipinski definition) is 1. The Morgan fingerprint density at radius 3 is 2.45 bits per heavy atom. The molecule has 1 heterocycles. The van der Waals surface area contributed by atoms with E-state index < -0.39 is 12.0 Å². The van der Waals surface area contributed by atoms with Gasteiger partial charge >= 0.3 is 5.97 Å². The standard InChI is InChI=1S/C17H18N2O3/c1-22-17(21)15(8-7-13-5-3-2-4-6-13)19-16(20)14-9-11-18-12-10-14/h2-6,9-12,15H,7-8H2,1H3,(H,19,20)/t15-/m0/s1. The lowest BCUT2D eigenvalue weighted by atomic mass is 10.0. The first-order valence-corrected chi connectivity index (χ1v) is 7.03. The predicted octanol–water partition coefficient (Wildman–Crippen LogP) is 1.99. The highest BCUT2D eigenvalue weighted by atomic mass is 16.5. The molecule has 0 aliphatic rings. The molecule has 114 valence electrons. The molecule has 22 heavy (non-hydrogen) atoms. The fraction of sp³-hybridized carbons (Fsp3) is 0.235. The van der Waals surface area contributed by atoms with Crippen molar-refractivity contribution < 1.29 is 14.3 Å². The number of carbonyl (C=O) groups is 2. The van der Waals surface area contributed by atoms with Crippen molar-refractivity contribution in [3.8, 4) is 0 Å². The van der Waals surface area contributed by atoms with E-state index in [2.05, 4.69) is 10.3 Å². The van der Waals surface area contributed by atoms with Crippen LogP contribution >= 0.6 is 0 Å². The van der Waals surface area contributed by atoms with Gasteiger partial charge in [-0.25, -0.2) is 4.79 Å². The molecule has 0 spiro atoms. The number of carbonyl (C=O) groups excluding carboxylic acids is 2. The first-order chi connectivity index (χ1) is 10.7. The highest BCUT2D eigenvalue weighted by molar-refractivity contribution is 5.96. The van der Waals surface area contributed by atoms with Crippen molar-refractivity contribution in [1.29, 1.82) is 0 Å². The monoisotopic (exact) mass is 298 g/mol. The quantitative estimate of drug-likeness (QED) is 0.828. The van der Waals surface area contributed by atoms with Gasteiger partial charge in [-0.3, -0.25) is 9.78 Å². The average molecular weight is 298 g/mol. The summed E-state index contributed by atoms with van der Waals surface area (Å²) in [6, 6.07) is 12.3. The Bertz CT molecular complexity index is 614. The van der Waals surface area contributed by atoms with Crippen molar-refractivity contribution in [2.24, 2.45) is 0 Å². The highest BCUT2D eigenvalue weighted by Gasteiger charge is 2.21. The molecule has 5 nitrogen and oxygen atoms in total. The third kappa shape index (κ3) is 4.41.